The Kier molecular flexibility index (Phi) is 7.93. The van der Waals surface area contributed by atoms with Crippen LogP contribution in [0.3, 0.4) is 0 Å². The molecule has 0 aliphatic carbocycles. The first-order valence-corrected chi connectivity index (χ1v) is 19.2. The smallest absolute Gasteiger partial charge is 0.161 e. The van der Waals surface area contributed by atoms with Crippen molar-refractivity contribution in [1.29, 1.82) is 0 Å². The number of benzene rings is 8. The van der Waals surface area contributed by atoms with Crippen molar-refractivity contribution >= 4 is 84.2 Å². The lowest BCUT2D eigenvalue weighted by Gasteiger charge is -2.08. The average molecular weight is 748 g/mol. The first-order chi connectivity index (χ1) is 28.7. The third-order valence-electron chi connectivity index (χ3n) is 10.9. The van der Waals surface area contributed by atoms with Gasteiger partial charge >= 0.3 is 0 Å². The van der Waals surface area contributed by atoms with Gasteiger partial charge in [0.1, 0.15) is 33.5 Å². The van der Waals surface area contributed by atoms with Crippen LogP contribution in [0.5, 0.6) is 0 Å². The molecule has 3 heterocycles. The number of fused-ring (bicyclic) bond motifs is 9. The zero-order chi connectivity index (χ0) is 38.6. The van der Waals surface area contributed by atoms with Gasteiger partial charge in [0, 0.05) is 49.0 Å². The summed E-state index contributed by atoms with van der Waals surface area (Å²) in [6.07, 6.45) is 0. The number of nitrogens with zero attached hydrogens (tertiary/aromatic N) is 3. The van der Waals surface area contributed by atoms with Gasteiger partial charge in [-0.3, -0.25) is 4.99 Å². The molecule has 0 aliphatic rings. The molecular formula is C52H33N3O3. The van der Waals surface area contributed by atoms with E-state index in [1.54, 1.807) is 0 Å². The van der Waals surface area contributed by atoms with Gasteiger partial charge in [-0.1, -0.05) is 140 Å². The lowest BCUT2D eigenvalue weighted by atomic mass is 9.97. The van der Waals surface area contributed by atoms with Crippen molar-refractivity contribution in [1.82, 2.24) is 0 Å². The van der Waals surface area contributed by atoms with Gasteiger partial charge in [0.05, 0.1) is 6.54 Å². The van der Waals surface area contributed by atoms with Crippen molar-refractivity contribution in [3.05, 3.63) is 193 Å². The maximum Gasteiger partial charge on any atom is 0.161 e. The number of hydrogen-bond acceptors (Lipinski definition) is 4. The summed E-state index contributed by atoms with van der Waals surface area (Å²) in [7, 11) is 0. The second kappa shape index (κ2) is 13.7. The predicted molar refractivity (Wildman–Crippen MR) is 238 cm³/mol. The molecule has 0 unspecified atom stereocenters. The highest BCUT2D eigenvalue weighted by Gasteiger charge is 2.21. The van der Waals surface area contributed by atoms with Gasteiger partial charge in [0.15, 0.2) is 11.7 Å². The minimum atomic E-state index is 0.410. The van der Waals surface area contributed by atoms with Crippen molar-refractivity contribution in [2.45, 2.75) is 6.54 Å². The van der Waals surface area contributed by atoms with Crippen LogP contribution in [0.1, 0.15) is 16.7 Å². The Balaban J connectivity index is 1.05. The summed E-state index contributed by atoms with van der Waals surface area (Å²) in [6, 6.07) is 59.6. The molecule has 0 saturated carbocycles. The summed E-state index contributed by atoms with van der Waals surface area (Å²) in [5.74, 6) is 0.949. The molecule has 58 heavy (non-hydrogen) atoms. The second-order valence-corrected chi connectivity index (χ2v) is 14.3. The van der Waals surface area contributed by atoms with E-state index in [1.165, 1.54) is 5.56 Å². The molecule has 3 aromatic heterocycles. The monoisotopic (exact) mass is 747 g/mol. The van der Waals surface area contributed by atoms with Crippen LogP contribution in [0.2, 0.25) is 0 Å². The predicted octanol–water partition coefficient (Wildman–Crippen LogP) is 13.8. The van der Waals surface area contributed by atoms with E-state index in [4.69, 9.17) is 23.2 Å². The molecule has 6 heteroatoms. The summed E-state index contributed by atoms with van der Waals surface area (Å²) in [5.41, 5.74) is 11.8. The molecule has 6 nitrogen and oxygen atoms in total. The highest BCUT2D eigenvalue weighted by molar-refractivity contribution is 6.24. The summed E-state index contributed by atoms with van der Waals surface area (Å²) >= 11 is 0. The van der Waals surface area contributed by atoms with Gasteiger partial charge in [0.25, 0.3) is 0 Å². The van der Waals surface area contributed by atoms with Crippen LogP contribution in [0.4, 0.5) is 0 Å². The van der Waals surface area contributed by atoms with E-state index >= 15 is 0 Å². The van der Waals surface area contributed by atoms with Gasteiger partial charge in [0.2, 0.25) is 0 Å². The van der Waals surface area contributed by atoms with Gasteiger partial charge in [-0.2, -0.15) is 0 Å². The largest absolute Gasteiger partial charge is 0.456 e. The number of para-hydroxylation sites is 3. The van der Waals surface area contributed by atoms with Crippen LogP contribution in [-0.4, -0.2) is 18.4 Å². The fourth-order valence-electron chi connectivity index (χ4n) is 8.18. The van der Waals surface area contributed by atoms with E-state index in [1.807, 2.05) is 84.9 Å². The summed E-state index contributed by atoms with van der Waals surface area (Å²) < 4.78 is 19.3. The lowest BCUT2D eigenvalue weighted by molar-refractivity contribution is 0.668. The second-order valence-electron chi connectivity index (χ2n) is 14.3. The first kappa shape index (κ1) is 33.5. The highest BCUT2D eigenvalue weighted by Crippen LogP contribution is 2.42. The quantitative estimate of drug-likeness (QED) is 0.125. The van der Waals surface area contributed by atoms with Crippen LogP contribution in [-0.2, 0) is 6.54 Å². The molecule has 0 aliphatic heterocycles. The van der Waals surface area contributed by atoms with E-state index in [-0.39, 0.29) is 0 Å². The van der Waals surface area contributed by atoms with E-state index < -0.39 is 0 Å². The average Bonchev–Trinajstić information content (AvgIpc) is 3.98. The Bertz CT molecular complexity index is 3440. The third kappa shape index (κ3) is 5.61. The molecule has 11 rings (SSSR count). The number of aliphatic imine (C=N–C) groups is 3. The maximum absolute atomic E-state index is 6.73. The Labute approximate surface area is 332 Å². The van der Waals surface area contributed by atoms with E-state index in [2.05, 4.69) is 103 Å². The molecule has 0 fully saturated rings. The van der Waals surface area contributed by atoms with Crippen LogP contribution in [0, 0.1) is 0 Å². The Hall–Kier alpha value is -7.83. The van der Waals surface area contributed by atoms with Gasteiger partial charge in [-0.25, -0.2) is 9.98 Å². The SMILES string of the molecule is C=NC(=NC(=NCc1ccc(-c2ccccc2)cc1)c1ccc2c(c1)oc1ccccc12)c1cccc2oc3c(-c4cccc5oc6ccccc6c45)cccc3c12. The number of furan rings is 3. The van der Waals surface area contributed by atoms with Gasteiger partial charge in [-0.15, -0.1) is 0 Å². The van der Waals surface area contributed by atoms with Crippen LogP contribution in [0.15, 0.2) is 204 Å². The molecule has 274 valence electrons. The normalized spacial score (nSPS) is 12.5. The van der Waals surface area contributed by atoms with Crippen LogP contribution < -0.4 is 0 Å². The summed E-state index contributed by atoms with van der Waals surface area (Å²) in [4.78, 5) is 14.9. The molecule has 0 saturated heterocycles. The summed E-state index contributed by atoms with van der Waals surface area (Å²) in [6.45, 7) is 4.43. The minimum absolute atomic E-state index is 0.410. The van der Waals surface area contributed by atoms with Crippen LogP contribution in [0.25, 0.3) is 88.1 Å². The fraction of sp³-hybridized carbons (Fsp3) is 0.0192. The van der Waals surface area contributed by atoms with E-state index in [0.29, 0.717) is 18.2 Å². The fourth-order valence-corrected chi connectivity index (χ4v) is 8.18. The zero-order valence-corrected chi connectivity index (χ0v) is 31.2. The first-order valence-electron chi connectivity index (χ1n) is 19.2. The van der Waals surface area contributed by atoms with E-state index in [9.17, 15) is 0 Å². The molecule has 0 radical (unpaired) electrons. The van der Waals surface area contributed by atoms with E-state index in [0.717, 1.165) is 99.2 Å². The number of rotatable bonds is 6. The molecule has 0 atom stereocenters. The highest BCUT2D eigenvalue weighted by atomic mass is 16.3. The Morgan fingerprint density at radius 3 is 1.90 bits per heavy atom. The van der Waals surface area contributed by atoms with Crippen molar-refractivity contribution in [3.63, 3.8) is 0 Å². The number of amidine groups is 2. The lowest BCUT2D eigenvalue weighted by Crippen LogP contribution is -2.06. The zero-order valence-electron chi connectivity index (χ0n) is 31.2. The molecule has 0 bridgehead atoms. The minimum Gasteiger partial charge on any atom is -0.456 e. The van der Waals surface area contributed by atoms with Gasteiger partial charge in [-0.05, 0) is 65.4 Å². The van der Waals surface area contributed by atoms with Crippen molar-refractivity contribution in [2.75, 3.05) is 0 Å². The molecule has 0 spiro atoms. The molecule has 0 N–H and O–H groups in total. The van der Waals surface area contributed by atoms with Crippen molar-refractivity contribution in [3.8, 4) is 22.3 Å². The molecule has 8 aromatic carbocycles. The maximum atomic E-state index is 6.73. The molecular weight excluding hydrogens is 715 g/mol. The molecule has 0 amide bonds. The summed E-state index contributed by atoms with van der Waals surface area (Å²) in [5, 5.41) is 6.06. The van der Waals surface area contributed by atoms with Crippen molar-refractivity contribution in [2.24, 2.45) is 15.0 Å². The molecule has 11 aromatic rings. The number of hydrogen-bond donors (Lipinski definition) is 0. The standard InChI is InChI=1S/C52H33N3O3/c1-53-52(42-19-11-23-46-49(42)41-18-9-17-39(50(41)58-46)38-16-10-22-45-48(38)40-15-6-8-21-44(40)56-45)55-51(35-28-29-37-36-14-5-7-20-43(36)57-47(37)30-35)54-31-32-24-26-34(27-25-32)33-12-3-2-4-13-33/h2-30H,1,31H2. The Morgan fingerprint density at radius 1 is 0.448 bits per heavy atom. The van der Waals surface area contributed by atoms with Gasteiger partial charge < -0.3 is 13.3 Å². The topological polar surface area (TPSA) is 76.5 Å². The Morgan fingerprint density at radius 2 is 1.07 bits per heavy atom. The third-order valence-corrected chi connectivity index (χ3v) is 10.9. The van der Waals surface area contributed by atoms with Crippen LogP contribution >= 0.6 is 0 Å². The van der Waals surface area contributed by atoms with Crippen molar-refractivity contribution < 1.29 is 13.3 Å².